The zero-order valence-corrected chi connectivity index (χ0v) is 5.97. The summed E-state index contributed by atoms with van der Waals surface area (Å²) in [6.45, 7) is 4.25. The molecule has 0 atom stereocenters. The van der Waals surface area contributed by atoms with Crippen molar-refractivity contribution in [2.75, 3.05) is 6.61 Å². The molecule has 1 N–H and O–H groups in total. The molecule has 0 aromatic rings. The van der Waals surface area contributed by atoms with Crippen molar-refractivity contribution < 1.29 is 42.8 Å². The number of hydrogen-bond donors (Lipinski definition) is 1. The van der Waals surface area contributed by atoms with Crippen LogP contribution in [-0.2, 0) is 0 Å². The van der Waals surface area contributed by atoms with Crippen molar-refractivity contribution in [1.82, 2.24) is 0 Å². The molecule has 0 rings (SSSR count). The van der Waals surface area contributed by atoms with Crippen LogP contribution in [0.1, 0.15) is 13.8 Å². The summed E-state index contributed by atoms with van der Waals surface area (Å²) >= 11 is 0. The molecule has 0 aliphatic carbocycles. The van der Waals surface area contributed by atoms with Crippen molar-refractivity contribution in [3.8, 4) is 0 Å². The SMILES string of the molecule is CC(C)CO.[Ho]. The Morgan fingerprint density at radius 3 is 1.67 bits per heavy atom. The van der Waals surface area contributed by atoms with Crippen LogP contribution >= 0.6 is 0 Å². The van der Waals surface area contributed by atoms with Crippen LogP contribution in [-0.4, -0.2) is 11.7 Å². The molecule has 0 aliphatic rings. The number of hydrogen-bond acceptors (Lipinski definition) is 1. The molecule has 2 heteroatoms. The fraction of sp³-hybridized carbons (Fsp3) is 1.00. The standard InChI is InChI=1S/C4H10O.Ho/c1-4(2)3-5;/h4-5H,3H2,1-2H3;. The molecule has 0 bridgehead atoms. The molecule has 0 saturated heterocycles. The van der Waals surface area contributed by atoms with Gasteiger partial charge in [-0.1, -0.05) is 13.8 Å². The van der Waals surface area contributed by atoms with Crippen LogP contribution in [0.25, 0.3) is 0 Å². The zero-order valence-electron chi connectivity index (χ0n) is 4.03. The van der Waals surface area contributed by atoms with Gasteiger partial charge in [-0.25, -0.2) is 0 Å². The maximum atomic E-state index is 8.14. The van der Waals surface area contributed by atoms with Gasteiger partial charge in [0, 0.05) is 44.3 Å². The molecule has 0 aliphatic heterocycles. The first-order valence-electron chi connectivity index (χ1n) is 1.88. The van der Waals surface area contributed by atoms with Crippen LogP contribution < -0.4 is 0 Å². The molecule has 0 unspecified atom stereocenters. The Morgan fingerprint density at radius 1 is 1.50 bits per heavy atom. The topological polar surface area (TPSA) is 20.2 Å². The summed E-state index contributed by atoms with van der Waals surface area (Å²) in [5, 5.41) is 8.14. The minimum Gasteiger partial charge on any atom is -0.396 e. The largest absolute Gasteiger partial charge is 0.396 e. The number of aliphatic hydroxyl groups excluding tert-OH is 1. The summed E-state index contributed by atoms with van der Waals surface area (Å²) in [6.07, 6.45) is 0. The van der Waals surface area contributed by atoms with Gasteiger partial charge in [-0.15, -0.1) is 0 Å². The molecule has 0 amide bonds. The van der Waals surface area contributed by atoms with Crippen LogP contribution in [0.15, 0.2) is 0 Å². The quantitative estimate of drug-likeness (QED) is 0.665. The zero-order chi connectivity index (χ0) is 4.28. The van der Waals surface area contributed by atoms with Crippen molar-refractivity contribution in [3.05, 3.63) is 0 Å². The van der Waals surface area contributed by atoms with E-state index in [9.17, 15) is 0 Å². The third-order valence-electron chi connectivity index (χ3n) is 0.365. The van der Waals surface area contributed by atoms with E-state index in [1.807, 2.05) is 13.8 Å². The van der Waals surface area contributed by atoms with Crippen LogP contribution in [0.5, 0.6) is 0 Å². The molecule has 0 fully saturated rings. The molecule has 6 heavy (non-hydrogen) atoms. The van der Waals surface area contributed by atoms with E-state index in [1.165, 1.54) is 0 Å². The predicted molar refractivity (Wildman–Crippen MR) is 21.9 cm³/mol. The number of rotatable bonds is 1. The van der Waals surface area contributed by atoms with Gasteiger partial charge in [0.2, 0.25) is 0 Å². The molecule has 1 radical (unpaired) electrons. The molecular weight excluding hydrogens is 229 g/mol. The molecule has 0 aromatic heterocycles. The Morgan fingerprint density at radius 2 is 1.67 bits per heavy atom. The molecule has 1 nitrogen and oxygen atoms in total. The molecule has 0 heterocycles. The summed E-state index contributed by atoms with van der Waals surface area (Å²) in [5.74, 6) is 0.440. The van der Waals surface area contributed by atoms with Gasteiger partial charge in [-0.05, 0) is 5.92 Å². The second-order valence-corrected chi connectivity index (χ2v) is 1.58. The van der Waals surface area contributed by atoms with Gasteiger partial charge in [0.25, 0.3) is 0 Å². The van der Waals surface area contributed by atoms with Crippen molar-refractivity contribution in [2.45, 2.75) is 13.8 Å². The summed E-state index contributed by atoms with van der Waals surface area (Å²) < 4.78 is 0. The van der Waals surface area contributed by atoms with E-state index in [0.29, 0.717) is 12.5 Å². The van der Waals surface area contributed by atoms with Gasteiger partial charge in [-0.2, -0.15) is 0 Å². The van der Waals surface area contributed by atoms with Gasteiger partial charge in [0.1, 0.15) is 0 Å². The van der Waals surface area contributed by atoms with Crippen molar-refractivity contribution >= 4 is 0 Å². The van der Waals surface area contributed by atoms with E-state index < -0.39 is 0 Å². The maximum Gasteiger partial charge on any atom is 0.0453 e. The molecule has 43 valence electrons. The van der Waals surface area contributed by atoms with Gasteiger partial charge >= 0.3 is 0 Å². The summed E-state index contributed by atoms with van der Waals surface area (Å²) in [6, 6.07) is 0. The molecule has 0 saturated carbocycles. The monoisotopic (exact) mass is 239 g/mol. The van der Waals surface area contributed by atoms with Gasteiger partial charge in [0.15, 0.2) is 0 Å². The van der Waals surface area contributed by atoms with Gasteiger partial charge < -0.3 is 5.11 Å². The van der Waals surface area contributed by atoms with Crippen LogP contribution in [0.3, 0.4) is 0 Å². The fourth-order valence-corrected chi connectivity index (χ4v) is 0. The van der Waals surface area contributed by atoms with Crippen LogP contribution in [0.2, 0.25) is 0 Å². The van der Waals surface area contributed by atoms with E-state index in [2.05, 4.69) is 0 Å². The summed E-state index contributed by atoms with van der Waals surface area (Å²) in [7, 11) is 0. The number of aliphatic hydroxyl groups is 1. The second-order valence-electron chi connectivity index (χ2n) is 1.58. The molecule has 0 spiro atoms. The van der Waals surface area contributed by atoms with Crippen molar-refractivity contribution in [3.63, 3.8) is 0 Å². The van der Waals surface area contributed by atoms with Crippen LogP contribution in [0, 0.1) is 43.7 Å². The average Bonchev–Trinajstić information content (AvgIpc) is 1.38. The van der Waals surface area contributed by atoms with E-state index in [-0.39, 0.29) is 37.7 Å². The minimum absolute atomic E-state index is 0. The maximum absolute atomic E-state index is 8.14. The second kappa shape index (κ2) is 6.22. The van der Waals surface area contributed by atoms with Gasteiger partial charge in [-0.3, -0.25) is 0 Å². The first-order chi connectivity index (χ1) is 2.27. The minimum atomic E-state index is 0. The first kappa shape index (κ1) is 10.3. The third kappa shape index (κ3) is 8.97. The van der Waals surface area contributed by atoms with E-state index in [0.717, 1.165) is 0 Å². The Balaban J connectivity index is 0. The van der Waals surface area contributed by atoms with Crippen LogP contribution in [0.4, 0.5) is 0 Å². The van der Waals surface area contributed by atoms with E-state index in [1.54, 1.807) is 0 Å². The third-order valence-corrected chi connectivity index (χ3v) is 0.365. The van der Waals surface area contributed by atoms with E-state index >= 15 is 0 Å². The summed E-state index contributed by atoms with van der Waals surface area (Å²) in [4.78, 5) is 0. The van der Waals surface area contributed by atoms with E-state index in [4.69, 9.17) is 5.11 Å². The Labute approximate surface area is 68.7 Å². The average molecular weight is 239 g/mol. The normalized spacial score (nSPS) is 8.00. The Kier molecular flexibility index (Phi) is 10.6. The summed E-state index contributed by atoms with van der Waals surface area (Å²) in [5.41, 5.74) is 0. The Hall–Kier alpha value is 1.22. The van der Waals surface area contributed by atoms with Crippen molar-refractivity contribution in [2.24, 2.45) is 5.92 Å². The predicted octanol–water partition coefficient (Wildman–Crippen LogP) is 0.635. The molecule has 0 aromatic carbocycles. The fourth-order valence-electron chi connectivity index (χ4n) is 0. The smallest absolute Gasteiger partial charge is 0.0453 e. The Bertz CT molecular complexity index is 21.5. The first-order valence-corrected chi connectivity index (χ1v) is 1.88. The molecular formula is C4H10HoO. The van der Waals surface area contributed by atoms with Gasteiger partial charge in [0.05, 0.1) is 0 Å². The van der Waals surface area contributed by atoms with Crippen molar-refractivity contribution in [1.29, 1.82) is 0 Å².